The molecule has 0 saturated heterocycles. The van der Waals surface area contributed by atoms with Crippen molar-refractivity contribution in [2.45, 2.75) is 68.6 Å². The van der Waals surface area contributed by atoms with Gasteiger partial charge in [0.05, 0.1) is 0 Å². The number of nitrogens with one attached hydrogen (secondary N) is 1. The minimum absolute atomic E-state index is 0.0526. The maximum absolute atomic E-state index is 14.2. The molecule has 0 radical (unpaired) electrons. The van der Waals surface area contributed by atoms with Crippen molar-refractivity contribution in [2.24, 2.45) is 0 Å². The van der Waals surface area contributed by atoms with E-state index in [1.54, 1.807) is 17.8 Å². The zero-order chi connectivity index (χ0) is 14.4. The number of rotatable bonds is 6. The van der Waals surface area contributed by atoms with Gasteiger partial charge in [-0.1, -0.05) is 38.3 Å². The molecule has 1 saturated carbocycles. The Kier molecular flexibility index (Phi) is 6.37. The smallest absolute Gasteiger partial charge is 0.137 e. The average Bonchev–Trinajstić information content (AvgIpc) is 2.48. The van der Waals surface area contributed by atoms with Gasteiger partial charge in [-0.25, -0.2) is 4.39 Å². The summed E-state index contributed by atoms with van der Waals surface area (Å²) in [6.45, 7) is 5.27. The van der Waals surface area contributed by atoms with Crippen LogP contribution in [-0.2, 0) is 0 Å². The number of hydrogen-bond donors (Lipinski definition) is 1. The molecule has 1 aliphatic carbocycles. The van der Waals surface area contributed by atoms with E-state index in [0.29, 0.717) is 5.25 Å². The Bertz CT molecular complexity index is 415. The fraction of sp³-hybridized carbons (Fsp3) is 0.647. The van der Waals surface area contributed by atoms with Crippen molar-refractivity contribution in [3.05, 3.63) is 29.6 Å². The first-order valence-corrected chi connectivity index (χ1v) is 8.78. The molecular weight excluding hydrogens is 269 g/mol. The van der Waals surface area contributed by atoms with Crippen molar-refractivity contribution < 1.29 is 4.39 Å². The SMILES string of the molecule is CCCNC(C)c1cccc(F)c1SC1CCCCC1. The Morgan fingerprint density at radius 3 is 2.75 bits per heavy atom. The summed E-state index contributed by atoms with van der Waals surface area (Å²) >= 11 is 1.76. The van der Waals surface area contributed by atoms with Crippen LogP contribution >= 0.6 is 11.8 Å². The molecule has 20 heavy (non-hydrogen) atoms. The molecule has 1 fully saturated rings. The van der Waals surface area contributed by atoms with Crippen LogP contribution in [-0.4, -0.2) is 11.8 Å². The Morgan fingerprint density at radius 1 is 1.30 bits per heavy atom. The van der Waals surface area contributed by atoms with Gasteiger partial charge in [0.1, 0.15) is 5.82 Å². The first-order chi connectivity index (χ1) is 9.72. The molecule has 1 atom stereocenters. The fourth-order valence-corrected chi connectivity index (χ4v) is 4.28. The molecule has 0 spiro atoms. The standard InChI is InChI=1S/C17H26FNS/c1-3-12-19-13(2)15-10-7-11-16(18)17(15)20-14-8-5-4-6-9-14/h7,10-11,13-14,19H,3-6,8-9,12H2,1-2H3. The van der Waals surface area contributed by atoms with Crippen LogP contribution in [0.2, 0.25) is 0 Å². The quantitative estimate of drug-likeness (QED) is 0.763. The van der Waals surface area contributed by atoms with Gasteiger partial charge in [-0.2, -0.15) is 0 Å². The van der Waals surface area contributed by atoms with E-state index in [2.05, 4.69) is 25.2 Å². The molecule has 1 aliphatic rings. The summed E-state index contributed by atoms with van der Waals surface area (Å²) in [5, 5.41) is 4.07. The van der Waals surface area contributed by atoms with Crippen LogP contribution in [0.4, 0.5) is 4.39 Å². The van der Waals surface area contributed by atoms with E-state index in [0.717, 1.165) is 23.4 Å². The molecule has 1 unspecified atom stereocenters. The molecule has 1 aromatic rings. The van der Waals surface area contributed by atoms with Crippen LogP contribution in [0.1, 0.15) is 64.0 Å². The monoisotopic (exact) mass is 295 g/mol. The second-order valence-electron chi connectivity index (χ2n) is 5.71. The fourth-order valence-electron chi connectivity index (χ4n) is 2.81. The van der Waals surface area contributed by atoms with Gasteiger partial charge in [0.25, 0.3) is 0 Å². The highest BCUT2D eigenvalue weighted by Crippen LogP contribution is 2.38. The summed E-state index contributed by atoms with van der Waals surface area (Å²) in [5.41, 5.74) is 1.12. The summed E-state index contributed by atoms with van der Waals surface area (Å²) in [5.74, 6) is -0.0526. The molecule has 0 bridgehead atoms. The van der Waals surface area contributed by atoms with Crippen molar-refractivity contribution in [1.29, 1.82) is 0 Å². The van der Waals surface area contributed by atoms with E-state index in [9.17, 15) is 4.39 Å². The highest BCUT2D eigenvalue weighted by atomic mass is 32.2. The predicted octanol–water partition coefficient (Wildman–Crippen LogP) is 5.31. The van der Waals surface area contributed by atoms with Crippen LogP contribution < -0.4 is 5.32 Å². The molecule has 1 nitrogen and oxygen atoms in total. The van der Waals surface area contributed by atoms with E-state index in [1.807, 2.05) is 6.07 Å². The molecule has 2 rings (SSSR count). The van der Waals surface area contributed by atoms with Crippen LogP contribution in [0, 0.1) is 5.82 Å². The van der Waals surface area contributed by atoms with Crippen molar-refractivity contribution in [3.8, 4) is 0 Å². The normalized spacial score (nSPS) is 18.1. The summed E-state index contributed by atoms with van der Waals surface area (Å²) in [6, 6.07) is 5.72. The third kappa shape index (κ3) is 4.23. The lowest BCUT2D eigenvalue weighted by molar-refractivity contribution is 0.512. The lowest BCUT2D eigenvalue weighted by Gasteiger charge is -2.24. The van der Waals surface area contributed by atoms with Gasteiger partial charge in [-0.05, 0) is 44.4 Å². The molecular formula is C17H26FNS. The second-order valence-corrected chi connectivity index (χ2v) is 7.02. The first-order valence-electron chi connectivity index (χ1n) is 7.90. The Hall–Kier alpha value is -0.540. The molecule has 1 N–H and O–H groups in total. The summed E-state index contributed by atoms with van der Waals surface area (Å²) in [7, 11) is 0. The Balaban J connectivity index is 2.12. The van der Waals surface area contributed by atoms with Gasteiger partial charge >= 0.3 is 0 Å². The number of hydrogen-bond acceptors (Lipinski definition) is 2. The van der Waals surface area contributed by atoms with E-state index < -0.39 is 0 Å². The van der Waals surface area contributed by atoms with Crippen molar-refractivity contribution >= 4 is 11.8 Å². The lowest BCUT2D eigenvalue weighted by Crippen LogP contribution is -2.20. The number of benzene rings is 1. The summed E-state index contributed by atoms with van der Waals surface area (Å²) in [6.07, 6.45) is 7.50. The summed E-state index contributed by atoms with van der Waals surface area (Å²) in [4.78, 5) is 0.871. The zero-order valence-corrected chi connectivity index (χ0v) is 13.4. The minimum atomic E-state index is -0.0526. The molecule has 0 amide bonds. The number of thioether (sulfide) groups is 1. The molecule has 1 aromatic carbocycles. The number of halogens is 1. The molecule has 0 aromatic heterocycles. The third-order valence-electron chi connectivity index (χ3n) is 4.00. The predicted molar refractivity (Wildman–Crippen MR) is 85.8 cm³/mol. The molecule has 0 heterocycles. The minimum Gasteiger partial charge on any atom is -0.310 e. The first kappa shape index (κ1) is 15.8. The highest BCUT2D eigenvalue weighted by molar-refractivity contribution is 8.00. The van der Waals surface area contributed by atoms with Gasteiger partial charge in [0.2, 0.25) is 0 Å². The van der Waals surface area contributed by atoms with Gasteiger partial charge in [0.15, 0.2) is 0 Å². The lowest BCUT2D eigenvalue weighted by atomic mass is 10.0. The van der Waals surface area contributed by atoms with E-state index >= 15 is 0 Å². The average molecular weight is 295 g/mol. The van der Waals surface area contributed by atoms with E-state index in [-0.39, 0.29) is 11.9 Å². The topological polar surface area (TPSA) is 12.0 Å². The Morgan fingerprint density at radius 2 is 2.05 bits per heavy atom. The maximum Gasteiger partial charge on any atom is 0.137 e. The molecule has 112 valence electrons. The zero-order valence-electron chi connectivity index (χ0n) is 12.6. The third-order valence-corrected chi connectivity index (χ3v) is 5.47. The van der Waals surface area contributed by atoms with Gasteiger partial charge in [0, 0.05) is 16.2 Å². The van der Waals surface area contributed by atoms with Crippen molar-refractivity contribution in [2.75, 3.05) is 6.54 Å². The highest BCUT2D eigenvalue weighted by Gasteiger charge is 2.20. The molecule has 3 heteroatoms. The largest absolute Gasteiger partial charge is 0.310 e. The van der Waals surface area contributed by atoms with Gasteiger partial charge in [-0.3, -0.25) is 0 Å². The summed E-state index contributed by atoms with van der Waals surface area (Å²) < 4.78 is 14.2. The van der Waals surface area contributed by atoms with Gasteiger partial charge < -0.3 is 5.32 Å². The second kappa shape index (κ2) is 8.04. The molecule has 0 aliphatic heterocycles. The van der Waals surface area contributed by atoms with Crippen molar-refractivity contribution in [1.82, 2.24) is 5.32 Å². The van der Waals surface area contributed by atoms with E-state index in [1.165, 1.54) is 32.1 Å². The van der Waals surface area contributed by atoms with Crippen LogP contribution in [0.3, 0.4) is 0 Å². The van der Waals surface area contributed by atoms with Crippen LogP contribution in [0.5, 0.6) is 0 Å². The van der Waals surface area contributed by atoms with Crippen molar-refractivity contribution in [3.63, 3.8) is 0 Å². The Labute approximate surface area is 126 Å². The van der Waals surface area contributed by atoms with Gasteiger partial charge in [-0.15, -0.1) is 11.8 Å². The van der Waals surface area contributed by atoms with E-state index in [4.69, 9.17) is 0 Å². The van der Waals surface area contributed by atoms with Crippen LogP contribution in [0.15, 0.2) is 23.1 Å². The maximum atomic E-state index is 14.2. The van der Waals surface area contributed by atoms with Crippen LogP contribution in [0.25, 0.3) is 0 Å².